The zero-order chi connectivity index (χ0) is 19.4. The number of aromatic nitrogens is 1. The highest BCUT2D eigenvalue weighted by atomic mass is 16.5. The van der Waals surface area contributed by atoms with Gasteiger partial charge in [-0.15, -0.1) is 0 Å². The zero-order valence-electron chi connectivity index (χ0n) is 16.0. The molecule has 4 nitrogen and oxygen atoms in total. The lowest BCUT2D eigenvalue weighted by Crippen LogP contribution is -2.09. The summed E-state index contributed by atoms with van der Waals surface area (Å²) in [5.41, 5.74) is 3.81. The maximum atomic E-state index is 12.3. The Morgan fingerprint density at radius 3 is 2.56 bits per heavy atom. The van der Waals surface area contributed by atoms with Gasteiger partial charge in [0.25, 0.3) is 0 Å². The third-order valence-corrected chi connectivity index (χ3v) is 4.74. The smallest absolute Gasteiger partial charge is 0.333 e. The van der Waals surface area contributed by atoms with Crippen LogP contribution in [0.25, 0.3) is 21.8 Å². The molecule has 0 spiro atoms. The molecule has 0 unspecified atom stereocenters. The van der Waals surface area contributed by atoms with Crippen LogP contribution in [-0.4, -0.2) is 22.9 Å². The normalized spacial score (nSPS) is 11.0. The van der Waals surface area contributed by atoms with Crippen LogP contribution in [0.5, 0.6) is 0 Å². The molecule has 0 aliphatic heterocycles. The molecule has 0 fully saturated rings. The average molecular weight is 363 g/mol. The van der Waals surface area contributed by atoms with Crippen LogP contribution < -0.4 is 0 Å². The van der Waals surface area contributed by atoms with Crippen molar-refractivity contribution in [2.75, 3.05) is 6.61 Å². The van der Waals surface area contributed by atoms with Crippen molar-refractivity contribution in [1.82, 2.24) is 4.57 Å². The summed E-state index contributed by atoms with van der Waals surface area (Å²) < 4.78 is 7.33. The van der Waals surface area contributed by atoms with E-state index in [-0.39, 0.29) is 12.4 Å². The Labute approximate surface area is 159 Å². The Kier molecular flexibility index (Phi) is 5.75. The Hall–Kier alpha value is -2.88. The van der Waals surface area contributed by atoms with Gasteiger partial charge in [-0.1, -0.05) is 30.8 Å². The average Bonchev–Trinajstić information content (AvgIpc) is 2.98. The Bertz CT molecular complexity index is 1010. The van der Waals surface area contributed by atoms with E-state index in [0.29, 0.717) is 24.8 Å². The van der Waals surface area contributed by atoms with Crippen LogP contribution in [0.3, 0.4) is 0 Å². The third kappa shape index (κ3) is 4.11. The summed E-state index contributed by atoms with van der Waals surface area (Å²) in [4.78, 5) is 23.6. The van der Waals surface area contributed by atoms with E-state index in [1.807, 2.05) is 12.1 Å². The highest BCUT2D eigenvalue weighted by Crippen LogP contribution is 2.29. The molecule has 1 aromatic heterocycles. The number of nitrogens with zero attached hydrogens (tertiary/aromatic N) is 1. The number of esters is 1. The number of hydrogen-bond acceptors (Lipinski definition) is 3. The first-order valence-electron chi connectivity index (χ1n) is 9.35. The van der Waals surface area contributed by atoms with Gasteiger partial charge in [-0.05, 0) is 44.0 Å². The van der Waals surface area contributed by atoms with Crippen molar-refractivity contribution in [3.05, 3.63) is 60.2 Å². The lowest BCUT2D eigenvalue weighted by molar-refractivity contribution is -0.139. The van der Waals surface area contributed by atoms with Gasteiger partial charge in [-0.2, -0.15) is 0 Å². The van der Waals surface area contributed by atoms with E-state index < -0.39 is 5.97 Å². The molecule has 0 bridgehead atoms. The number of ketones is 1. The van der Waals surface area contributed by atoms with Crippen LogP contribution in [0.2, 0.25) is 0 Å². The van der Waals surface area contributed by atoms with E-state index in [1.54, 1.807) is 6.92 Å². The van der Waals surface area contributed by atoms with E-state index >= 15 is 0 Å². The number of para-hydroxylation sites is 1. The number of carbonyl (C=O) groups excluding carboxylic acids is 2. The minimum Gasteiger partial charge on any atom is -0.462 e. The minimum atomic E-state index is -0.403. The topological polar surface area (TPSA) is 48.3 Å². The molecular weight excluding hydrogens is 338 g/mol. The SMILES string of the molecule is C=C(C)C(=O)OCCCC(=O)Cc1ccc2c(c1)c1ccccc1n2CC. The predicted octanol–water partition coefficient (Wildman–Crippen LogP) is 4.83. The Morgan fingerprint density at radius 1 is 1.07 bits per heavy atom. The molecule has 2 aromatic carbocycles. The van der Waals surface area contributed by atoms with E-state index in [9.17, 15) is 9.59 Å². The molecule has 0 radical (unpaired) electrons. The second-order valence-corrected chi connectivity index (χ2v) is 6.85. The summed E-state index contributed by atoms with van der Waals surface area (Å²) in [7, 11) is 0. The number of fused-ring (bicyclic) bond motifs is 3. The second kappa shape index (κ2) is 8.21. The number of benzene rings is 2. The molecule has 3 rings (SSSR count). The first kappa shape index (κ1) is 18.9. The van der Waals surface area contributed by atoms with Crippen molar-refractivity contribution >= 4 is 33.6 Å². The Morgan fingerprint density at radius 2 is 1.81 bits per heavy atom. The molecule has 1 heterocycles. The van der Waals surface area contributed by atoms with E-state index in [0.717, 1.165) is 12.1 Å². The highest BCUT2D eigenvalue weighted by molar-refractivity contribution is 6.08. The van der Waals surface area contributed by atoms with Crippen molar-refractivity contribution in [3.63, 3.8) is 0 Å². The van der Waals surface area contributed by atoms with Crippen molar-refractivity contribution in [2.24, 2.45) is 0 Å². The molecule has 0 N–H and O–H groups in total. The van der Waals surface area contributed by atoms with Crippen LogP contribution in [0.4, 0.5) is 0 Å². The standard InChI is InChI=1S/C23H25NO3/c1-4-24-21-10-6-5-9-19(21)20-15-17(11-12-22(20)24)14-18(25)8-7-13-27-23(26)16(2)3/h5-6,9-12,15H,2,4,7-8,13-14H2,1,3H3. The molecule has 27 heavy (non-hydrogen) atoms. The first-order chi connectivity index (χ1) is 13.0. The fraction of sp³-hybridized carbons (Fsp3) is 0.304. The van der Waals surface area contributed by atoms with Gasteiger partial charge in [0, 0.05) is 46.8 Å². The predicted molar refractivity (Wildman–Crippen MR) is 109 cm³/mol. The fourth-order valence-electron chi connectivity index (χ4n) is 3.42. The van der Waals surface area contributed by atoms with Crippen molar-refractivity contribution in [2.45, 2.75) is 39.7 Å². The van der Waals surface area contributed by atoms with Crippen molar-refractivity contribution in [1.29, 1.82) is 0 Å². The fourth-order valence-corrected chi connectivity index (χ4v) is 3.42. The number of hydrogen-bond donors (Lipinski definition) is 0. The largest absolute Gasteiger partial charge is 0.462 e. The molecular formula is C23H25NO3. The monoisotopic (exact) mass is 363 g/mol. The van der Waals surface area contributed by atoms with Gasteiger partial charge in [0.1, 0.15) is 5.78 Å². The highest BCUT2D eigenvalue weighted by Gasteiger charge is 2.11. The molecule has 0 amide bonds. The van der Waals surface area contributed by atoms with E-state index in [4.69, 9.17) is 4.74 Å². The number of carbonyl (C=O) groups is 2. The molecule has 0 aliphatic carbocycles. The number of rotatable bonds is 8. The van der Waals surface area contributed by atoms with Crippen molar-refractivity contribution in [3.8, 4) is 0 Å². The number of aryl methyl sites for hydroxylation is 1. The molecule has 140 valence electrons. The molecule has 0 aliphatic rings. The summed E-state index contributed by atoms with van der Waals surface area (Å²) in [6.07, 6.45) is 1.34. The van der Waals surface area contributed by atoms with Gasteiger partial charge in [-0.25, -0.2) is 4.79 Å². The molecule has 4 heteroatoms. The third-order valence-electron chi connectivity index (χ3n) is 4.74. The van der Waals surface area contributed by atoms with Crippen molar-refractivity contribution < 1.29 is 14.3 Å². The van der Waals surface area contributed by atoms with E-state index in [2.05, 4.69) is 48.4 Å². The van der Waals surface area contributed by atoms with Crippen LogP contribution in [-0.2, 0) is 27.3 Å². The van der Waals surface area contributed by atoms with Gasteiger partial charge in [-0.3, -0.25) is 4.79 Å². The van der Waals surface area contributed by atoms with Crippen LogP contribution in [0.15, 0.2) is 54.6 Å². The molecule has 0 saturated carbocycles. The summed E-state index contributed by atoms with van der Waals surface area (Å²) in [5.74, 6) is -0.250. The Balaban J connectivity index is 1.69. The van der Waals surface area contributed by atoms with Crippen LogP contribution in [0, 0.1) is 0 Å². The van der Waals surface area contributed by atoms with Crippen LogP contribution in [0.1, 0.15) is 32.3 Å². The lowest BCUT2D eigenvalue weighted by Gasteiger charge is -2.05. The quantitative estimate of drug-likeness (QED) is 0.327. The lowest BCUT2D eigenvalue weighted by atomic mass is 10.0. The van der Waals surface area contributed by atoms with Gasteiger partial charge in [0.2, 0.25) is 0 Å². The summed E-state index contributed by atoms with van der Waals surface area (Å²) >= 11 is 0. The van der Waals surface area contributed by atoms with Gasteiger partial charge < -0.3 is 9.30 Å². The summed E-state index contributed by atoms with van der Waals surface area (Å²) in [5, 5.41) is 2.41. The molecule has 0 atom stereocenters. The van der Waals surface area contributed by atoms with E-state index in [1.165, 1.54) is 21.8 Å². The number of ether oxygens (including phenoxy) is 1. The maximum Gasteiger partial charge on any atom is 0.333 e. The minimum absolute atomic E-state index is 0.153. The molecule has 3 aromatic rings. The first-order valence-corrected chi connectivity index (χ1v) is 9.35. The summed E-state index contributed by atoms with van der Waals surface area (Å²) in [6, 6.07) is 14.6. The maximum absolute atomic E-state index is 12.3. The number of Topliss-reactive ketones (excluding diaryl/α,β-unsaturated/α-hetero) is 1. The van der Waals surface area contributed by atoms with Crippen LogP contribution >= 0.6 is 0 Å². The van der Waals surface area contributed by atoms with Gasteiger partial charge in [0.15, 0.2) is 0 Å². The zero-order valence-corrected chi connectivity index (χ0v) is 16.0. The summed E-state index contributed by atoms with van der Waals surface area (Å²) in [6.45, 7) is 8.45. The van der Waals surface area contributed by atoms with Gasteiger partial charge in [0.05, 0.1) is 6.61 Å². The van der Waals surface area contributed by atoms with Gasteiger partial charge >= 0.3 is 5.97 Å². The second-order valence-electron chi connectivity index (χ2n) is 6.85. The molecule has 0 saturated heterocycles.